The fraction of sp³-hybridized carbons (Fsp3) is 0.318. The van der Waals surface area contributed by atoms with Crippen LogP contribution in [0.4, 0.5) is 5.00 Å². The third kappa shape index (κ3) is 3.41. The Bertz CT molecular complexity index is 1140. The maximum absolute atomic E-state index is 13.5. The van der Waals surface area contributed by atoms with Gasteiger partial charge in [0.2, 0.25) is 0 Å². The first kappa shape index (κ1) is 19.5. The molecule has 0 fully saturated rings. The SMILES string of the molecule is CCN1CCc2nc3ccccc3c(C(=O)Nc3sc(C)c(C)c3C(N)=O)c2C1. The molecule has 0 spiro atoms. The number of carbonyl (C=O) groups is 2. The molecular weight excluding hydrogens is 384 g/mol. The molecule has 6 nitrogen and oxygen atoms in total. The molecule has 2 amide bonds. The highest BCUT2D eigenvalue weighted by atomic mass is 32.1. The number of hydrogen-bond acceptors (Lipinski definition) is 5. The molecule has 0 unspecified atom stereocenters. The van der Waals surface area contributed by atoms with E-state index in [0.29, 0.717) is 22.7 Å². The molecule has 2 aromatic heterocycles. The fourth-order valence-corrected chi connectivity index (χ4v) is 5.01. The van der Waals surface area contributed by atoms with Crippen LogP contribution >= 0.6 is 11.3 Å². The van der Waals surface area contributed by atoms with E-state index in [9.17, 15) is 9.59 Å². The van der Waals surface area contributed by atoms with Crippen LogP contribution in [-0.4, -0.2) is 34.8 Å². The van der Waals surface area contributed by atoms with E-state index in [0.717, 1.165) is 52.1 Å². The number of nitrogens with two attached hydrogens (primary N) is 1. The number of aryl methyl sites for hydroxylation is 1. The van der Waals surface area contributed by atoms with Gasteiger partial charge in [-0.2, -0.15) is 0 Å². The Morgan fingerprint density at radius 1 is 1.24 bits per heavy atom. The lowest BCUT2D eigenvalue weighted by Crippen LogP contribution is -2.33. The van der Waals surface area contributed by atoms with E-state index in [1.165, 1.54) is 11.3 Å². The third-order valence-electron chi connectivity index (χ3n) is 5.66. The number of nitrogens with zero attached hydrogens (tertiary/aromatic N) is 2. The molecule has 1 aliphatic rings. The van der Waals surface area contributed by atoms with Gasteiger partial charge in [-0.15, -0.1) is 11.3 Å². The molecule has 0 radical (unpaired) electrons. The zero-order valence-corrected chi connectivity index (χ0v) is 17.7. The smallest absolute Gasteiger partial charge is 0.257 e. The van der Waals surface area contributed by atoms with Crippen LogP contribution in [0.3, 0.4) is 0 Å². The molecular formula is C22H24N4O2S. The monoisotopic (exact) mass is 408 g/mol. The van der Waals surface area contributed by atoms with Crippen LogP contribution in [0.1, 0.15) is 49.3 Å². The Hall–Kier alpha value is -2.77. The van der Waals surface area contributed by atoms with Crippen molar-refractivity contribution in [2.75, 3.05) is 18.4 Å². The van der Waals surface area contributed by atoms with Crippen molar-refractivity contribution in [2.24, 2.45) is 5.73 Å². The van der Waals surface area contributed by atoms with Gasteiger partial charge >= 0.3 is 0 Å². The Labute approximate surface area is 173 Å². The summed E-state index contributed by atoms with van der Waals surface area (Å²) in [6.07, 6.45) is 0.818. The number of pyridine rings is 1. The fourth-order valence-electron chi connectivity index (χ4n) is 3.95. The van der Waals surface area contributed by atoms with Crippen molar-refractivity contribution in [1.29, 1.82) is 0 Å². The number of benzene rings is 1. The van der Waals surface area contributed by atoms with Crippen molar-refractivity contribution in [3.8, 4) is 0 Å². The summed E-state index contributed by atoms with van der Waals surface area (Å²) < 4.78 is 0. The number of nitrogens with one attached hydrogen (secondary N) is 1. The van der Waals surface area contributed by atoms with Gasteiger partial charge in [-0.1, -0.05) is 25.1 Å². The summed E-state index contributed by atoms with van der Waals surface area (Å²) in [5, 5.41) is 4.31. The van der Waals surface area contributed by atoms with Gasteiger partial charge in [0, 0.05) is 41.0 Å². The van der Waals surface area contributed by atoms with Crippen molar-refractivity contribution in [3.05, 3.63) is 57.1 Å². The Balaban J connectivity index is 1.84. The number of aromatic nitrogens is 1. The number of fused-ring (bicyclic) bond motifs is 2. The average Bonchev–Trinajstić information content (AvgIpc) is 2.98. The zero-order chi connectivity index (χ0) is 20.7. The molecule has 1 aliphatic heterocycles. The summed E-state index contributed by atoms with van der Waals surface area (Å²) in [6.45, 7) is 8.44. The molecule has 7 heteroatoms. The van der Waals surface area contributed by atoms with Crippen molar-refractivity contribution in [1.82, 2.24) is 9.88 Å². The van der Waals surface area contributed by atoms with E-state index in [1.54, 1.807) is 0 Å². The molecule has 4 rings (SSSR count). The van der Waals surface area contributed by atoms with Crippen molar-refractivity contribution < 1.29 is 9.59 Å². The normalized spacial score (nSPS) is 14.0. The predicted molar refractivity (Wildman–Crippen MR) is 117 cm³/mol. The summed E-state index contributed by atoms with van der Waals surface area (Å²) in [6, 6.07) is 7.72. The van der Waals surface area contributed by atoms with Gasteiger partial charge in [-0.25, -0.2) is 0 Å². The predicted octanol–water partition coefficient (Wildman–Crippen LogP) is 3.64. The van der Waals surface area contributed by atoms with Gasteiger partial charge in [0.25, 0.3) is 11.8 Å². The number of thiophene rings is 1. The molecule has 29 heavy (non-hydrogen) atoms. The van der Waals surface area contributed by atoms with Crippen LogP contribution in [0.5, 0.6) is 0 Å². The number of para-hydroxylation sites is 1. The highest BCUT2D eigenvalue weighted by Gasteiger charge is 2.27. The van der Waals surface area contributed by atoms with Crippen molar-refractivity contribution >= 4 is 39.1 Å². The Morgan fingerprint density at radius 3 is 2.72 bits per heavy atom. The highest BCUT2D eigenvalue weighted by Crippen LogP contribution is 2.34. The van der Waals surface area contributed by atoms with E-state index >= 15 is 0 Å². The number of likely N-dealkylation sites (N-methyl/N-ethyl adjacent to an activating group) is 1. The van der Waals surface area contributed by atoms with Gasteiger partial charge in [-0.05, 0) is 32.0 Å². The minimum Gasteiger partial charge on any atom is -0.365 e. The van der Waals surface area contributed by atoms with Crippen molar-refractivity contribution in [2.45, 2.75) is 33.7 Å². The molecule has 1 aromatic carbocycles. The lowest BCUT2D eigenvalue weighted by Gasteiger charge is -2.29. The quantitative estimate of drug-likeness (QED) is 0.690. The van der Waals surface area contributed by atoms with E-state index in [-0.39, 0.29) is 5.91 Å². The maximum atomic E-state index is 13.5. The minimum atomic E-state index is -0.527. The van der Waals surface area contributed by atoms with E-state index in [2.05, 4.69) is 17.1 Å². The molecule has 3 N–H and O–H groups in total. The van der Waals surface area contributed by atoms with E-state index < -0.39 is 5.91 Å². The number of primary amides is 1. The first-order valence-electron chi connectivity index (χ1n) is 9.74. The van der Waals surface area contributed by atoms with E-state index in [4.69, 9.17) is 10.7 Å². The molecule has 0 saturated heterocycles. The summed E-state index contributed by atoms with van der Waals surface area (Å²) >= 11 is 1.38. The number of hydrogen-bond donors (Lipinski definition) is 2. The third-order valence-corrected chi connectivity index (χ3v) is 6.78. The minimum absolute atomic E-state index is 0.221. The largest absolute Gasteiger partial charge is 0.365 e. The topological polar surface area (TPSA) is 88.3 Å². The lowest BCUT2D eigenvalue weighted by molar-refractivity contribution is 0.100. The number of carbonyl (C=O) groups excluding carboxylic acids is 2. The standard InChI is InChI=1S/C22H24N4O2S/c1-4-26-10-9-17-15(11-26)19(14-7-5-6-8-16(14)24-17)21(28)25-22-18(20(23)27)12(2)13(3)29-22/h5-8H,4,9-11H2,1-3H3,(H2,23,27)(H,25,28). The van der Waals surface area contributed by atoms with Crippen LogP contribution in [0.15, 0.2) is 24.3 Å². The summed E-state index contributed by atoms with van der Waals surface area (Å²) in [4.78, 5) is 33.5. The highest BCUT2D eigenvalue weighted by molar-refractivity contribution is 7.16. The summed E-state index contributed by atoms with van der Waals surface area (Å²) in [5.41, 5.74) is 10.2. The second-order valence-corrected chi connectivity index (χ2v) is 8.58. The van der Waals surface area contributed by atoms with Gasteiger partial charge in [0.15, 0.2) is 0 Å². The lowest BCUT2D eigenvalue weighted by atomic mass is 9.95. The van der Waals surface area contributed by atoms with Crippen LogP contribution in [0.2, 0.25) is 0 Å². The molecule has 0 atom stereocenters. The average molecular weight is 409 g/mol. The molecule has 0 saturated carbocycles. The molecule has 3 aromatic rings. The summed E-state index contributed by atoms with van der Waals surface area (Å²) in [7, 11) is 0. The Kier molecular flexibility index (Phi) is 5.10. The van der Waals surface area contributed by atoms with Crippen LogP contribution in [-0.2, 0) is 13.0 Å². The van der Waals surface area contributed by atoms with Gasteiger partial charge in [0.1, 0.15) is 5.00 Å². The first-order chi connectivity index (χ1) is 13.9. The molecule has 0 bridgehead atoms. The van der Waals surface area contributed by atoms with Crippen LogP contribution < -0.4 is 11.1 Å². The van der Waals surface area contributed by atoms with Gasteiger partial charge in [-0.3, -0.25) is 19.5 Å². The molecule has 3 heterocycles. The maximum Gasteiger partial charge on any atom is 0.257 e. The molecule has 150 valence electrons. The summed E-state index contributed by atoms with van der Waals surface area (Å²) in [5.74, 6) is -0.748. The van der Waals surface area contributed by atoms with Gasteiger partial charge < -0.3 is 11.1 Å². The van der Waals surface area contributed by atoms with Crippen LogP contribution in [0.25, 0.3) is 10.9 Å². The van der Waals surface area contributed by atoms with Crippen molar-refractivity contribution in [3.63, 3.8) is 0 Å². The number of amides is 2. The second kappa shape index (κ2) is 7.57. The van der Waals surface area contributed by atoms with Crippen LogP contribution in [0, 0.1) is 13.8 Å². The number of rotatable bonds is 4. The number of anilines is 1. The van der Waals surface area contributed by atoms with E-state index in [1.807, 2.05) is 38.1 Å². The Morgan fingerprint density at radius 2 is 2.00 bits per heavy atom. The zero-order valence-electron chi connectivity index (χ0n) is 16.8. The second-order valence-electron chi connectivity index (χ2n) is 7.35. The molecule has 0 aliphatic carbocycles. The van der Waals surface area contributed by atoms with Gasteiger partial charge in [0.05, 0.1) is 16.6 Å². The first-order valence-corrected chi connectivity index (χ1v) is 10.6.